The summed E-state index contributed by atoms with van der Waals surface area (Å²) >= 11 is 1.25. The highest BCUT2D eigenvalue weighted by atomic mass is 32.2. The monoisotopic (exact) mass is 235 g/mol. The average molecular weight is 235 g/mol. The quantitative estimate of drug-likeness (QED) is 0.798. The number of aromatic amines is 1. The van der Waals surface area contributed by atoms with Gasteiger partial charge >= 0.3 is 0 Å². The Kier molecular flexibility index (Phi) is 2.55. The van der Waals surface area contributed by atoms with Crippen LogP contribution < -0.4 is 5.56 Å². The molecule has 16 heavy (non-hydrogen) atoms. The van der Waals surface area contributed by atoms with Gasteiger partial charge in [-0.25, -0.2) is 0 Å². The van der Waals surface area contributed by atoms with Crippen molar-refractivity contribution >= 4 is 23.3 Å². The molecule has 2 rings (SSSR count). The van der Waals surface area contributed by atoms with Crippen LogP contribution >= 0.6 is 11.8 Å². The molecule has 0 atom stereocenters. The number of H-pyrrole nitrogens is 1. The Balaban J connectivity index is 2.74. The van der Waals surface area contributed by atoms with Gasteiger partial charge < -0.3 is 4.98 Å². The Labute approximate surface area is 95.8 Å². The minimum absolute atomic E-state index is 0.198. The number of nitrogens with one attached hydrogen (secondary N) is 1. The van der Waals surface area contributed by atoms with E-state index in [1.54, 1.807) is 13.2 Å². The van der Waals surface area contributed by atoms with Crippen LogP contribution in [0.25, 0.3) is 0 Å². The number of pyridine rings is 1. The van der Waals surface area contributed by atoms with Crippen molar-refractivity contribution in [3.05, 3.63) is 44.2 Å². The Morgan fingerprint density at radius 3 is 2.44 bits per heavy atom. The molecule has 5 heteroatoms. The van der Waals surface area contributed by atoms with Crippen LogP contribution in [0.4, 0.5) is 0 Å². The molecule has 0 saturated heterocycles. The van der Waals surface area contributed by atoms with Gasteiger partial charge in [0.1, 0.15) is 0 Å². The molecule has 0 amide bonds. The largest absolute Gasteiger partial charge is 0.328 e. The zero-order chi connectivity index (χ0) is 11.9. The van der Waals surface area contributed by atoms with Gasteiger partial charge in [-0.2, -0.15) is 0 Å². The predicted octanol–water partition coefficient (Wildman–Crippen LogP) is 1.39. The fourth-order valence-corrected chi connectivity index (χ4v) is 2.39. The van der Waals surface area contributed by atoms with Gasteiger partial charge in [0.05, 0.1) is 10.5 Å². The van der Waals surface area contributed by atoms with E-state index in [2.05, 4.69) is 4.98 Å². The normalized spacial score (nSPS) is 15.4. The number of Topliss-reactive ketones (excluding diaryl/α,β-unsaturated/α-hetero) is 2. The summed E-state index contributed by atoms with van der Waals surface area (Å²) in [6.45, 7) is 1.61. The molecule has 0 bridgehead atoms. The second kappa shape index (κ2) is 3.75. The van der Waals surface area contributed by atoms with E-state index in [0.717, 1.165) is 0 Å². The molecule has 0 spiro atoms. The van der Waals surface area contributed by atoms with Crippen LogP contribution in [0.3, 0.4) is 0 Å². The minimum Gasteiger partial charge on any atom is -0.328 e. The zero-order valence-corrected chi connectivity index (χ0v) is 9.60. The fourth-order valence-electron chi connectivity index (χ4n) is 1.69. The third kappa shape index (κ3) is 1.44. The first kappa shape index (κ1) is 10.9. The van der Waals surface area contributed by atoms with Crippen molar-refractivity contribution in [2.24, 2.45) is 0 Å². The van der Waals surface area contributed by atoms with Crippen LogP contribution in [0, 0.1) is 0 Å². The van der Waals surface area contributed by atoms with Gasteiger partial charge in [-0.05, 0) is 13.2 Å². The van der Waals surface area contributed by atoms with E-state index >= 15 is 0 Å². The molecule has 0 aromatic carbocycles. The maximum absolute atomic E-state index is 12.0. The van der Waals surface area contributed by atoms with Crippen LogP contribution in [-0.2, 0) is 0 Å². The Morgan fingerprint density at radius 2 is 1.81 bits per heavy atom. The molecule has 1 aliphatic carbocycles. The molecular weight excluding hydrogens is 226 g/mol. The number of hydrogen-bond acceptors (Lipinski definition) is 4. The highest BCUT2D eigenvalue weighted by Crippen LogP contribution is 2.30. The summed E-state index contributed by atoms with van der Waals surface area (Å²) in [4.78, 5) is 37.8. The van der Waals surface area contributed by atoms with Crippen LogP contribution in [-0.4, -0.2) is 22.8 Å². The van der Waals surface area contributed by atoms with E-state index in [-0.39, 0.29) is 28.3 Å². The number of rotatable bonds is 1. The number of allylic oxidation sites excluding steroid dienone is 2. The van der Waals surface area contributed by atoms with Crippen LogP contribution in [0.15, 0.2) is 27.5 Å². The number of aromatic nitrogens is 1. The summed E-state index contributed by atoms with van der Waals surface area (Å²) in [6.07, 6.45) is 3.06. The summed E-state index contributed by atoms with van der Waals surface area (Å²) in [6, 6.07) is 1.18. The first-order valence-corrected chi connectivity index (χ1v) is 5.85. The lowest BCUT2D eigenvalue weighted by atomic mass is 9.91. The first-order valence-electron chi connectivity index (χ1n) is 4.63. The summed E-state index contributed by atoms with van der Waals surface area (Å²) in [5, 5.41) is 0. The first-order chi connectivity index (χ1) is 7.56. The van der Waals surface area contributed by atoms with Crippen LogP contribution in [0.2, 0.25) is 0 Å². The van der Waals surface area contributed by atoms with E-state index < -0.39 is 0 Å². The summed E-state index contributed by atoms with van der Waals surface area (Å²) in [7, 11) is 0. The summed E-state index contributed by atoms with van der Waals surface area (Å²) < 4.78 is 0. The van der Waals surface area contributed by atoms with Gasteiger partial charge in [0.15, 0.2) is 5.78 Å². The van der Waals surface area contributed by atoms with E-state index in [9.17, 15) is 14.4 Å². The van der Waals surface area contributed by atoms with E-state index in [1.807, 2.05) is 0 Å². The number of ketones is 2. The zero-order valence-electron chi connectivity index (χ0n) is 8.79. The predicted molar refractivity (Wildman–Crippen MR) is 61.9 cm³/mol. The van der Waals surface area contributed by atoms with Gasteiger partial charge in [0.25, 0.3) is 0 Å². The Hall–Kier alpha value is -1.62. The second-order valence-corrected chi connectivity index (χ2v) is 4.26. The van der Waals surface area contributed by atoms with Crippen molar-refractivity contribution < 1.29 is 9.59 Å². The molecule has 0 fully saturated rings. The second-order valence-electron chi connectivity index (χ2n) is 3.44. The molecule has 82 valence electrons. The molecule has 0 aliphatic heterocycles. The van der Waals surface area contributed by atoms with Gasteiger partial charge in [-0.15, -0.1) is 11.8 Å². The molecule has 1 aromatic rings. The average Bonchev–Trinajstić information content (AvgIpc) is 2.27. The van der Waals surface area contributed by atoms with Gasteiger partial charge in [0.2, 0.25) is 11.3 Å². The molecule has 1 N–H and O–H groups in total. The topological polar surface area (TPSA) is 67.0 Å². The lowest BCUT2D eigenvalue weighted by Gasteiger charge is -2.16. The smallest absolute Gasteiger partial charge is 0.248 e. The number of hydrogen-bond donors (Lipinski definition) is 1. The third-order valence-electron chi connectivity index (χ3n) is 2.51. The third-order valence-corrected chi connectivity index (χ3v) is 3.40. The molecule has 1 heterocycles. The molecule has 0 saturated carbocycles. The molecule has 0 radical (unpaired) electrons. The van der Waals surface area contributed by atoms with E-state index in [1.165, 1.54) is 24.0 Å². The van der Waals surface area contributed by atoms with Crippen molar-refractivity contribution in [1.29, 1.82) is 0 Å². The van der Waals surface area contributed by atoms with Gasteiger partial charge in [-0.3, -0.25) is 14.4 Å². The van der Waals surface area contributed by atoms with Crippen LogP contribution in [0.1, 0.15) is 27.6 Å². The summed E-state index contributed by atoms with van der Waals surface area (Å²) in [5.74, 6) is -0.444. The Bertz CT molecular complexity index is 583. The van der Waals surface area contributed by atoms with Crippen molar-refractivity contribution in [1.82, 2.24) is 4.98 Å². The van der Waals surface area contributed by atoms with E-state index in [4.69, 9.17) is 0 Å². The van der Waals surface area contributed by atoms with Crippen LogP contribution in [0.5, 0.6) is 0 Å². The SMILES string of the molecule is CSC1=C(C)C(=O)c2cc(=O)[nH]cc2C1=O. The molecule has 4 nitrogen and oxygen atoms in total. The maximum Gasteiger partial charge on any atom is 0.248 e. The molecular formula is C11H9NO3S. The van der Waals surface area contributed by atoms with Crippen molar-refractivity contribution in [2.45, 2.75) is 6.92 Å². The number of thioether (sulfide) groups is 1. The summed E-state index contributed by atoms with van der Waals surface area (Å²) in [5.41, 5.74) is 0.513. The lowest BCUT2D eigenvalue weighted by Crippen LogP contribution is -2.22. The highest BCUT2D eigenvalue weighted by Gasteiger charge is 2.29. The Morgan fingerprint density at radius 1 is 1.12 bits per heavy atom. The lowest BCUT2D eigenvalue weighted by molar-refractivity contribution is 0.0981. The molecule has 0 unspecified atom stereocenters. The standard InChI is InChI=1S/C11H9NO3S/c1-5-9(14)6-3-8(13)12-4-7(6)10(15)11(5)16-2/h3-4H,1-2H3,(H,12,13). The number of carbonyl (C=O) groups is 2. The minimum atomic E-state index is -0.375. The maximum atomic E-state index is 12.0. The highest BCUT2D eigenvalue weighted by molar-refractivity contribution is 8.03. The van der Waals surface area contributed by atoms with E-state index in [0.29, 0.717) is 10.5 Å². The molecule has 1 aliphatic rings. The van der Waals surface area contributed by atoms with Crippen molar-refractivity contribution in [2.75, 3.05) is 6.26 Å². The number of fused-ring (bicyclic) bond motifs is 1. The van der Waals surface area contributed by atoms with Gasteiger partial charge in [0, 0.05) is 23.4 Å². The van der Waals surface area contributed by atoms with Crippen molar-refractivity contribution in [3.63, 3.8) is 0 Å². The molecule has 1 aromatic heterocycles. The van der Waals surface area contributed by atoms with Gasteiger partial charge in [-0.1, -0.05) is 0 Å². The number of carbonyl (C=O) groups excluding carboxylic acids is 2. The fraction of sp³-hybridized carbons (Fsp3) is 0.182. The van der Waals surface area contributed by atoms with Crippen molar-refractivity contribution in [3.8, 4) is 0 Å².